The number of carbonyl (C=O) groups excluding carboxylic acids is 1. The van der Waals surface area contributed by atoms with Crippen molar-refractivity contribution in [2.45, 2.75) is 25.0 Å². The molecule has 3 rings (SSSR count). The highest BCUT2D eigenvalue weighted by Crippen LogP contribution is 2.29. The van der Waals surface area contributed by atoms with Crippen molar-refractivity contribution in [3.8, 4) is 0 Å². The molecule has 1 aromatic heterocycles. The summed E-state index contributed by atoms with van der Waals surface area (Å²) in [6.07, 6.45) is 2.83. The van der Waals surface area contributed by atoms with Gasteiger partial charge >= 0.3 is 6.09 Å². The zero-order chi connectivity index (χ0) is 17.6. The highest BCUT2D eigenvalue weighted by molar-refractivity contribution is 6.30. The molecular weight excluding hydrogens is 340 g/mol. The van der Waals surface area contributed by atoms with Gasteiger partial charge in [-0.1, -0.05) is 29.8 Å². The normalized spacial score (nSPS) is 16.5. The smallest absolute Gasteiger partial charge is 0.409 e. The van der Waals surface area contributed by atoms with Crippen molar-refractivity contribution in [1.29, 1.82) is 0 Å². The average molecular weight is 361 g/mol. The SMILES string of the molecule is COC(=O)N1CCC(OC(c2ccc(Cl)cc2)c2ccccn2)CC1. The fourth-order valence-corrected chi connectivity index (χ4v) is 3.11. The molecule has 6 heteroatoms. The van der Waals surface area contributed by atoms with Gasteiger partial charge in [-0.15, -0.1) is 0 Å². The molecule has 0 saturated carbocycles. The predicted octanol–water partition coefficient (Wildman–Crippen LogP) is 4.07. The molecule has 0 aliphatic carbocycles. The Morgan fingerprint density at radius 1 is 1.20 bits per heavy atom. The van der Waals surface area contributed by atoms with Crippen molar-refractivity contribution in [1.82, 2.24) is 9.88 Å². The number of pyridine rings is 1. The van der Waals surface area contributed by atoms with Crippen molar-refractivity contribution in [3.63, 3.8) is 0 Å². The zero-order valence-corrected chi connectivity index (χ0v) is 14.9. The molecule has 132 valence electrons. The molecule has 0 N–H and O–H groups in total. The van der Waals surface area contributed by atoms with Gasteiger partial charge in [0.05, 0.1) is 18.9 Å². The summed E-state index contributed by atoms with van der Waals surface area (Å²) in [6.45, 7) is 1.26. The summed E-state index contributed by atoms with van der Waals surface area (Å²) in [5.74, 6) is 0. The molecule has 1 unspecified atom stereocenters. The lowest BCUT2D eigenvalue weighted by atomic mass is 10.0. The molecule has 1 atom stereocenters. The first kappa shape index (κ1) is 17.7. The fourth-order valence-electron chi connectivity index (χ4n) is 2.98. The summed E-state index contributed by atoms with van der Waals surface area (Å²) in [4.78, 5) is 17.8. The van der Waals surface area contributed by atoms with E-state index in [1.54, 1.807) is 11.1 Å². The first-order chi connectivity index (χ1) is 12.2. The maximum absolute atomic E-state index is 11.6. The number of aromatic nitrogens is 1. The number of hydrogen-bond acceptors (Lipinski definition) is 4. The van der Waals surface area contributed by atoms with E-state index in [0.717, 1.165) is 24.1 Å². The second kappa shape index (κ2) is 8.32. The zero-order valence-electron chi connectivity index (χ0n) is 14.1. The Labute approximate surface area is 152 Å². The van der Waals surface area contributed by atoms with Crippen molar-refractivity contribution in [2.75, 3.05) is 20.2 Å². The van der Waals surface area contributed by atoms with E-state index in [9.17, 15) is 4.79 Å². The van der Waals surface area contributed by atoms with Crippen molar-refractivity contribution in [3.05, 3.63) is 64.9 Å². The number of amides is 1. The summed E-state index contributed by atoms with van der Waals surface area (Å²) >= 11 is 6.01. The molecule has 0 spiro atoms. The number of carbonyl (C=O) groups is 1. The predicted molar refractivity (Wildman–Crippen MR) is 95.6 cm³/mol. The van der Waals surface area contributed by atoms with E-state index in [4.69, 9.17) is 21.1 Å². The van der Waals surface area contributed by atoms with Crippen LogP contribution in [0.3, 0.4) is 0 Å². The molecule has 1 amide bonds. The van der Waals surface area contributed by atoms with Gasteiger partial charge in [0.1, 0.15) is 6.10 Å². The van der Waals surface area contributed by atoms with Crippen LogP contribution in [0.25, 0.3) is 0 Å². The third kappa shape index (κ3) is 4.50. The van der Waals surface area contributed by atoms with Crippen LogP contribution >= 0.6 is 11.6 Å². The van der Waals surface area contributed by atoms with Crippen LogP contribution in [-0.4, -0.2) is 42.3 Å². The topological polar surface area (TPSA) is 51.7 Å². The molecule has 25 heavy (non-hydrogen) atoms. The van der Waals surface area contributed by atoms with Gasteiger partial charge in [-0.25, -0.2) is 4.79 Å². The summed E-state index contributed by atoms with van der Waals surface area (Å²) in [7, 11) is 1.41. The van der Waals surface area contributed by atoms with Crippen LogP contribution in [0.15, 0.2) is 48.7 Å². The van der Waals surface area contributed by atoms with Crippen LogP contribution in [0, 0.1) is 0 Å². The number of benzene rings is 1. The second-order valence-corrected chi connectivity index (χ2v) is 6.42. The third-order valence-corrected chi connectivity index (χ3v) is 4.58. The van der Waals surface area contributed by atoms with E-state index in [-0.39, 0.29) is 18.3 Å². The van der Waals surface area contributed by atoms with Crippen molar-refractivity contribution >= 4 is 17.7 Å². The van der Waals surface area contributed by atoms with Gasteiger partial charge in [-0.05, 0) is 42.7 Å². The molecule has 1 fully saturated rings. The van der Waals surface area contributed by atoms with E-state index >= 15 is 0 Å². The Bertz CT molecular complexity index is 686. The molecule has 0 radical (unpaired) electrons. The number of piperidine rings is 1. The van der Waals surface area contributed by atoms with Crippen LogP contribution < -0.4 is 0 Å². The highest BCUT2D eigenvalue weighted by atomic mass is 35.5. The van der Waals surface area contributed by atoms with E-state index < -0.39 is 0 Å². The van der Waals surface area contributed by atoms with Crippen molar-refractivity contribution in [2.24, 2.45) is 0 Å². The van der Waals surface area contributed by atoms with Crippen LogP contribution in [0.1, 0.15) is 30.2 Å². The van der Waals surface area contributed by atoms with Gasteiger partial charge in [-0.3, -0.25) is 4.98 Å². The number of halogens is 1. The highest BCUT2D eigenvalue weighted by Gasteiger charge is 2.27. The van der Waals surface area contributed by atoms with Gasteiger partial charge in [-0.2, -0.15) is 0 Å². The van der Waals surface area contributed by atoms with E-state index in [1.807, 2.05) is 42.5 Å². The Morgan fingerprint density at radius 3 is 2.52 bits per heavy atom. The lowest BCUT2D eigenvalue weighted by Crippen LogP contribution is -2.41. The molecule has 1 aliphatic rings. The van der Waals surface area contributed by atoms with Gasteiger partial charge < -0.3 is 14.4 Å². The molecule has 2 heterocycles. The summed E-state index contributed by atoms with van der Waals surface area (Å²) < 4.78 is 11.2. The number of hydrogen-bond donors (Lipinski definition) is 0. The van der Waals surface area contributed by atoms with E-state index in [0.29, 0.717) is 18.1 Å². The Kier molecular flexibility index (Phi) is 5.89. The minimum absolute atomic E-state index is 0.0589. The number of rotatable bonds is 4. The van der Waals surface area contributed by atoms with Gasteiger partial charge in [0.2, 0.25) is 0 Å². The Hall–Kier alpha value is -2.11. The maximum Gasteiger partial charge on any atom is 0.409 e. The largest absolute Gasteiger partial charge is 0.453 e. The van der Waals surface area contributed by atoms with E-state index in [2.05, 4.69) is 4.98 Å². The summed E-state index contributed by atoms with van der Waals surface area (Å²) in [5.41, 5.74) is 1.87. The third-order valence-electron chi connectivity index (χ3n) is 4.33. The summed E-state index contributed by atoms with van der Waals surface area (Å²) in [6, 6.07) is 13.4. The maximum atomic E-state index is 11.6. The quantitative estimate of drug-likeness (QED) is 0.824. The molecule has 1 aromatic carbocycles. The van der Waals surface area contributed by atoms with E-state index in [1.165, 1.54) is 7.11 Å². The van der Waals surface area contributed by atoms with Gasteiger partial charge in [0.15, 0.2) is 0 Å². The molecule has 2 aromatic rings. The lowest BCUT2D eigenvalue weighted by molar-refractivity contribution is -0.0266. The summed E-state index contributed by atoms with van der Waals surface area (Å²) in [5, 5.41) is 0.690. The van der Waals surface area contributed by atoms with Gasteiger partial charge in [0.25, 0.3) is 0 Å². The first-order valence-corrected chi connectivity index (χ1v) is 8.70. The standard InChI is InChI=1S/C19H21ClN2O3/c1-24-19(23)22-12-9-16(10-13-22)25-18(17-4-2-3-11-21-17)14-5-7-15(20)8-6-14/h2-8,11,16,18H,9-10,12-13H2,1H3. The van der Waals surface area contributed by atoms with Crippen LogP contribution in [-0.2, 0) is 9.47 Å². The molecule has 0 bridgehead atoms. The monoisotopic (exact) mass is 360 g/mol. The number of methoxy groups -OCH3 is 1. The van der Waals surface area contributed by atoms with Crippen LogP contribution in [0.4, 0.5) is 4.79 Å². The average Bonchev–Trinajstić information content (AvgIpc) is 2.67. The van der Waals surface area contributed by atoms with Crippen LogP contribution in [0.5, 0.6) is 0 Å². The Morgan fingerprint density at radius 2 is 1.92 bits per heavy atom. The number of nitrogens with zero attached hydrogens (tertiary/aromatic N) is 2. The lowest BCUT2D eigenvalue weighted by Gasteiger charge is -2.33. The molecule has 1 aliphatic heterocycles. The fraction of sp³-hybridized carbons (Fsp3) is 0.368. The minimum Gasteiger partial charge on any atom is -0.453 e. The number of ether oxygens (including phenoxy) is 2. The first-order valence-electron chi connectivity index (χ1n) is 8.32. The Balaban J connectivity index is 1.73. The molecule has 1 saturated heterocycles. The second-order valence-electron chi connectivity index (χ2n) is 5.98. The minimum atomic E-state index is -0.280. The van der Waals surface area contributed by atoms with Crippen molar-refractivity contribution < 1.29 is 14.3 Å². The number of likely N-dealkylation sites (tertiary alicyclic amines) is 1. The molecule has 5 nitrogen and oxygen atoms in total. The van der Waals surface area contributed by atoms with Gasteiger partial charge in [0, 0.05) is 24.3 Å². The van der Waals surface area contributed by atoms with Crippen LogP contribution in [0.2, 0.25) is 5.02 Å². The molecular formula is C19H21ClN2O3.